The van der Waals surface area contributed by atoms with Gasteiger partial charge in [0.25, 0.3) is 0 Å². The van der Waals surface area contributed by atoms with Gasteiger partial charge in [0.1, 0.15) is 5.82 Å². The minimum Gasteiger partial charge on any atom is -0.377 e. The Bertz CT molecular complexity index is 432. The van der Waals surface area contributed by atoms with Crippen LogP contribution >= 0.6 is 0 Å². The zero-order valence-corrected chi connectivity index (χ0v) is 12.0. The van der Waals surface area contributed by atoms with Gasteiger partial charge >= 0.3 is 0 Å². The van der Waals surface area contributed by atoms with Crippen LogP contribution in [0.15, 0.2) is 29.3 Å². The van der Waals surface area contributed by atoms with Gasteiger partial charge in [-0.05, 0) is 31.5 Å². The Balaban J connectivity index is 2.46. The second-order valence-electron chi connectivity index (χ2n) is 4.87. The first kappa shape index (κ1) is 15.4. The van der Waals surface area contributed by atoms with Gasteiger partial charge in [0.05, 0.1) is 5.60 Å². The lowest BCUT2D eigenvalue weighted by Gasteiger charge is -2.24. The molecule has 0 radical (unpaired) electrons. The molecule has 0 heterocycles. The third-order valence-corrected chi connectivity index (χ3v) is 2.81. The van der Waals surface area contributed by atoms with Crippen molar-refractivity contribution >= 4 is 5.96 Å². The second kappa shape index (κ2) is 7.09. The highest BCUT2D eigenvalue weighted by Gasteiger charge is 2.16. The molecule has 1 aromatic rings. The minimum atomic E-state index is -0.267. The molecular weight excluding hydrogens is 245 g/mol. The average Bonchev–Trinajstić information content (AvgIpc) is 2.39. The van der Waals surface area contributed by atoms with E-state index in [4.69, 9.17) is 4.74 Å². The molecular formula is C14H22FN3O. The molecule has 0 aliphatic carbocycles. The summed E-state index contributed by atoms with van der Waals surface area (Å²) in [5.74, 6) is 0.428. The molecule has 19 heavy (non-hydrogen) atoms. The van der Waals surface area contributed by atoms with Crippen molar-refractivity contribution in [3.05, 3.63) is 35.6 Å². The molecule has 4 nitrogen and oxygen atoms in total. The normalized spacial score (nSPS) is 12.4. The van der Waals surface area contributed by atoms with Crippen LogP contribution in [0.5, 0.6) is 0 Å². The van der Waals surface area contributed by atoms with Crippen molar-refractivity contribution in [2.75, 3.05) is 20.7 Å². The van der Waals surface area contributed by atoms with Crippen LogP contribution < -0.4 is 10.6 Å². The molecule has 5 heteroatoms. The third-order valence-electron chi connectivity index (χ3n) is 2.81. The van der Waals surface area contributed by atoms with Crippen molar-refractivity contribution in [2.24, 2.45) is 4.99 Å². The predicted octanol–water partition coefficient (Wildman–Crippen LogP) is 1.92. The third kappa shape index (κ3) is 5.70. The monoisotopic (exact) mass is 267 g/mol. The van der Waals surface area contributed by atoms with E-state index >= 15 is 0 Å². The number of ether oxygens (including phenoxy) is 1. The van der Waals surface area contributed by atoms with Gasteiger partial charge in [-0.3, -0.25) is 4.99 Å². The van der Waals surface area contributed by atoms with Gasteiger partial charge in [0, 0.05) is 27.2 Å². The highest BCUT2D eigenvalue weighted by Crippen LogP contribution is 2.05. The summed E-state index contributed by atoms with van der Waals surface area (Å²) in [7, 11) is 3.37. The van der Waals surface area contributed by atoms with E-state index in [1.165, 1.54) is 12.1 Å². The van der Waals surface area contributed by atoms with Crippen LogP contribution in [0.3, 0.4) is 0 Å². The van der Waals surface area contributed by atoms with Gasteiger partial charge in [-0.1, -0.05) is 12.1 Å². The lowest BCUT2D eigenvalue weighted by molar-refractivity contribution is 0.0268. The molecule has 0 unspecified atom stereocenters. The summed E-state index contributed by atoms with van der Waals surface area (Å²) in [6.45, 7) is 5.12. The smallest absolute Gasteiger partial charge is 0.191 e. The first-order valence-corrected chi connectivity index (χ1v) is 6.21. The Hall–Kier alpha value is -1.62. The molecule has 0 spiro atoms. The number of halogens is 1. The van der Waals surface area contributed by atoms with E-state index in [9.17, 15) is 4.39 Å². The van der Waals surface area contributed by atoms with E-state index in [0.29, 0.717) is 19.0 Å². The molecule has 0 amide bonds. The fourth-order valence-electron chi connectivity index (χ4n) is 1.42. The Labute approximate surface area is 114 Å². The van der Waals surface area contributed by atoms with Crippen molar-refractivity contribution in [3.63, 3.8) is 0 Å². The van der Waals surface area contributed by atoms with Gasteiger partial charge in [-0.2, -0.15) is 0 Å². The number of aliphatic imine (C=N–C) groups is 1. The number of benzene rings is 1. The predicted molar refractivity (Wildman–Crippen MR) is 75.7 cm³/mol. The van der Waals surface area contributed by atoms with Crippen LogP contribution in [0, 0.1) is 5.82 Å². The molecule has 0 bridgehead atoms. The standard InChI is InChI=1S/C14H22FN3O/c1-14(2,19-4)10-18-13(16-3)17-9-11-6-5-7-12(15)8-11/h5-8H,9-10H2,1-4H3,(H2,16,17,18). The number of methoxy groups -OCH3 is 1. The Morgan fingerprint density at radius 2 is 2.11 bits per heavy atom. The molecule has 1 rings (SSSR count). The first-order valence-electron chi connectivity index (χ1n) is 6.21. The zero-order valence-electron chi connectivity index (χ0n) is 12.0. The van der Waals surface area contributed by atoms with Crippen LogP contribution in [0.2, 0.25) is 0 Å². The van der Waals surface area contributed by atoms with Crippen molar-refractivity contribution in [3.8, 4) is 0 Å². The Morgan fingerprint density at radius 1 is 1.37 bits per heavy atom. The Kier molecular flexibility index (Phi) is 5.76. The summed E-state index contributed by atoms with van der Waals surface area (Å²) in [4.78, 5) is 4.11. The average molecular weight is 267 g/mol. The number of hydrogen-bond donors (Lipinski definition) is 2. The zero-order chi connectivity index (χ0) is 14.3. The molecule has 0 fully saturated rings. The number of nitrogens with one attached hydrogen (secondary N) is 2. The van der Waals surface area contributed by atoms with E-state index < -0.39 is 0 Å². The van der Waals surface area contributed by atoms with Gasteiger partial charge < -0.3 is 15.4 Å². The number of hydrogen-bond acceptors (Lipinski definition) is 2. The number of nitrogens with zero attached hydrogens (tertiary/aromatic N) is 1. The van der Waals surface area contributed by atoms with Gasteiger partial charge in [-0.25, -0.2) is 4.39 Å². The molecule has 0 saturated heterocycles. The van der Waals surface area contributed by atoms with Gasteiger partial charge in [-0.15, -0.1) is 0 Å². The fourth-order valence-corrected chi connectivity index (χ4v) is 1.42. The van der Waals surface area contributed by atoms with Crippen LogP contribution in [-0.4, -0.2) is 32.3 Å². The summed E-state index contributed by atoms with van der Waals surface area (Å²) < 4.78 is 18.3. The molecule has 0 atom stereocenters. The lowest BCUT2D eigenvalue weighted by Crippen LogP contribution is -2.45. The highest BCUT2D eigenvalue weighted by molar-refractivity contribution is 5.79. The molecule has 0 saturated carbocycles. The van der Waals surface area contributed by atoms with Crippen LogP contribution in [0.4, 0.5) is 4.39 Å². The molecule has 0 aliphatic rings. The van der Waals surface area contributed by atoms with Crippen LogP contribution in [0.1, 0.15) is 19.4 Å². The molecule has 1 aromatic carbocycles. The van der Waals surface area contributed by atoms with E-state index in [1.807, 2.05) is 19.9 Å². The summed E-state index contributed by atoms with van der Waals surface area (Å²) >= 11 is 0. The number of rotatable bonds is 5. The summed E-state index contributed by atoms with van der Waals surface area (Å²) in [5.41, 5.74) is 0.602. The maximum absolute atomic E-state index is 13.0. The first-order chi connectivity index (χ1) is 8.96. The SMILES string of the molecule is CN=C(NCc1cccc(F)c1)NCC(C)(C)OC. The van der Waals surface area contributed by atoms with E-state index in [1.54, 1.807) is 20.2 Å². The van der Waals surface area contributed by atoms with Crippen molar-refractivity contribution in [1.29, 1.82) is 0 Å². The second-order valence-corrected chi connectivity index (χ2v) is 4.87. The van der Waals surface area contributed by atoms with Crippen molar-refractivity contribution in [1.82, 2.24) is 10.6 Å². The molecule has 2 N–H and O–H groups in total. The summed E-state index contributed by atoms with van der Waals surface area (Å²) in [6.07, 6.45) is 0. The topological polar surface area (TPSA) is 45.7 Å². The minimum absolute atomic E-state index is 0.234. The maximum Gasteiger partial charge on any atom is 0.191 e. The van der Waals surface area contributed by atoms with Gasteiger partial charge in [0.2, 0.25) is 0 Å². The quantitative estimate of drug-likeness (QED) is 0.633. The Morgan fingerprint density at radius 3 is 2.68 bits per heavy atom. The molecule has 0 aliphatic heterocycles. The van der Waals surface area contributed by atoms with E-state index in [2.05, 4.69) is 15.6 Å². The molecule has 0 aromatic heterocycles. The van der Waals surface area contributed by atoms with E-state index in [0.717, 1.165) is 5.56 Å². The van der Waals surface area contributed by atoms with Crippen LogP contribution in [0.25, 0.3) is 0 Å². The van der Waals surface area contributed by atoms with Crippen molar-refractivity contribution < 1.29 is 9.13 Å². The molecule has 106 valence electrons. The number of guanidine groups is 1. The highest BCUT2D eigenvalue weighted by atomic mass is 19.1. The summed E-state index contributed by atoms with van der Waals surface area (Å²) in [5, 5.41) is 6.29. The summed E-state index contributed by atoms with van der Waals surface area (Å²) in [6, 6.07) is 6.48. The largest absolute Gasteiger partial charge is 0.377 e. The fraction of sp³-hybridized carbons (Fsp3) is 0.500. The van der Waals surface area contributed by atoms with Crippen molar-refractivity contribution in [2.45, 2.75) is 26.0 Å². The lowest BCUT2D eigenvalue weighted by atomic mass is 10.1. The van der Waals surface area contributed by atoms with E-state index in [-0.39, 0.29) is 11.4 Å². The maximum atomic E-state index is 13.0. The van der Waals surface area contributed by atoms with Gasteiger partial charge in [0.15, 0.2) is 5.96 Å². The van der Waals surface area contributed by atoms with Crippen LogP contribution in [-0.2, 0) is 11.3 Å².